The van der Waals surface area contributed by atoms with Crippen LogP contribution >= 0.6 is 0 Å². The van der Waals surface area contributed by atoms with Crippen molar-refractivity contribution in [2.75, 3.05) is 12.3 Å². The summed E-state index contributed by atoms with van der Waals surface area (Å²) in [5.41, 5.74) is 1.12. The van der Waals surface area contributed by atoms with Crippen LogP contribution in [-0.2, 0) is 10.8 Å². The lowest BCUT2D eigenvalue weighted by Gasteiger charge is -2.09. The topological polar surface area (TPSA) is 42.0 Å². The van der Waals surface area contributed by atoms with Crippen molar-refractivity contribution in [3.8, 4) is 0 Å². The van der Waals surface area contributed by atoms with E-state index in [2.05, 4.69) is 10.3 Å². The highest BCUT2D eigenvalue weighted by Gasteiger charge is 2.18. The van der Waals surface area contributed by atoms with Crippen LogP contribution in [0.5, 0.6) is 0 Å². The third-order valence-corrected chi connectivity index (χ3v) is 4.03. The number of hydrogen-bond donors (Lipinski definition) is 1. The Balaban J connectivity index is 2.01. The average Bonchev–Trinajstić information content (AvgIpc) is 2.70. The second-order valence-electron chi connectivity index (χ2n) is 3.98. The van der Waals surface area contributed by atoms with E-state index in [-0.39, 0.29) is 0 Å². The summed E-state index contributed by atoms with van der Waals surface area (Å²) < 4.78 is 12.0. The SMILES string of the molecule is Cc1ccnc([S@](=O)C[C@H]2CCCN2)c1. The minimum Gasteiger partial charge on any atom is -0.313 e. The van der Waals surface area contributed by atoms with Crippen molar-refractivity contribution in [1.82, 2.24) is 10.3 Å². The highest BCUT2D eigenvalue weighted by Crippen LogP contribution is 2.11. The summed E-state index contributed by atoms with van der Waals surface area (Å²) in [6.45, 7) is 3.05. The zero-order chi connectivity index (χ0) is 10.7. The molecule has 15 heavy (non-hydrogen) atoms. The van der Waals surface area contributed by atoms with Gasteiger partial charge in [0.15, 0.2) is 0 Å². The Morgan fingerprint density at radius 1 is 1.67 bits per heavy atom. The van der Waals surface area contributed by atoms with Gasteiger partial charge in [-0.15, -0.1) is 0 Å². The summed E-state index contributed by atoms with van der Waals surface area (Å²) in [5, 5.41) is 4.06. The van der Waals surface area contributed by atoms with Crippen molar-refractivity contribution in [3.05, 3.63) is 23.9 Å². The van der Waals surface area contributed by atoms with E-state index >= 15 is 0 Å². The Morgan fingerprint density at radius 3 is 3.20 bits per heavy atom. The fraction of sp³-hybridized carbons (Fsp3) is 0.545. The van der Waals surface area contributed by atoms with Gasteiger partial charge < -0.3 is 5.32 Å². The first-order valence-corrected chi connectivity index (χ1v) is 6.62. The lowest BCUT2D eigenvalue weighted by atomic mass is 10.3. The summed E-state index contributed by atoms with van der Waals surface area (Å²) in [5.74, 6) is 0.691. The molecule has 2 atom stereocenters. The van der Waals surface area contributed by atoms with Crippen LogP contribution in [0.2, 0.25) is 0 Å². The summed E-state index contributed by atoms with van der Waals surface area (Å²) in [6.07, 6.45) is 4.06. The third-order valence-electron chi connectivity index (χ3n) is 2.64. The Hall–Kier alpha value is -0.740. The number of pyridine rings is 1. The molecular formula is C11H16N2OS. The number of aryl methyl sites for hydroxylation is 1. The fourth-order valence-electron chi connectivity index (χ4n) is 1.80. The molecule has 0 amide bonds. The first-order chi connectivity index (χ1) is 7.25. The molecule has 0 aromatic carbocycles. The van der Waals surface area contributed by atoms with Gasteiger partial charge in [-0.25, -0.2) is 4.98 Å². The van der Waals surface area contributed by atoms with Gasteiger partial charge in [-0.1, -0.05) is 0 Å². The predicted octanol–water partition coefficient (Wildman–Crippen LogP) is 1.25. The molecule has 0 unspecified atom stereocenters. The second kappa shape index (κ2) is 4.86. The van der Waals surface area contributed by atoms with Gasteiger partial charge in [0, 0.05) is 18.0 Å². The Kier molecular flexibility index (Phi) is 3.49. The molecule has 1 N–H and O–H groups in total. The Labute approximate surface area is 92.8 Å². The standard InChI is InChI=1S/C11H16N2OS/c1-9-4-6-13-11(7-9)15(14)8-10-3-2-5-12-10/h4,6-7,10,12H,2-3,5,8H2,1H3/t10-,15-/m1/s1. The van der Waals surface area contributed by atoms with Crippen LogP contribution in [0.25, 0.3) is 0 Å². The molecule has 0 spiro atoms. The molecule has 82 valence electrons. The van der Waals surface area contributed by atoms with Gasteiger partial charge in [0.1, 0.15) is 5.03 Å². The number of rotatable bonds is 3. The van der Waals surface area contributed by atoms with Crippen molar-refractivity contribution in [2.45, 2.75) is 30.8 Å². The van der Waals surface area contributed by atoms with E-state index in [1.54, 1.807) is 6.20 Å². The maximum absolute atomic E-state index is 12.0. The van der Waals surface area contributed by atoms with Gasteiger partial charge in [-0.2, -0.15) is 0 Å². The third kappa shape index (κ3) is 2.86. The molecule has 3 nitrogen and oxygen atoms in total. The van der Waals surface area contributed by atoms with Crippen molar-refractivity contribution < 1.29 is 4.21 Å². The molecule has 1 aromatic rings. The zero-order valence-electron chi connectivity index (χ0n) is 8.90. The van der Waals surface area contributed by atoms with Crippen LogP contribution in [-0.4, -0.2) is 27.5 Å². The molecule has 0 saturated carbocycles. The minimum atomic E-state index is -0.957. The molecule has 0 radical (unpaired) electrons. The second-order valence-corrected chi connectivity index (χ2v) is 5.42. The van der Waals surface area contributed by atoms with Crippen molar-refractivity contribution in [2.24, 2.45) is 0 Å². The smallest absolute Gasteiger partial charge is 0.127 e. The van der Waals surface area contributed by atoms with Gasteiger partial charge in [-0.3, -0.25) is 4.21 Å². The molecule has 1 saturated heterocycles. The maximum atomic E-state index is 12.0. The Bertz CT molecular complexity index is 361. The number of nitrogens with zero attached hydrogens (tertiary/aromatic N) is 1. The average molecular weight is 224 g/mol. The number of nitrogens with one attached hydrogen (secondary N) is 1. The van der Waals surface area contributed by atoms with E-state index in [0.29, 0.717) is 16.8 Å². The van der Waals surface area contributed by atoms with Gasteiger partial charge >= 0.3 is 0 Å². The van der Waals surface area contributed by atoms with Crippen LogP contribution < -0.4 is 5.32 Å². The van der Waals surface area contributed by atoms with Gasteiger partial charge in [0.25, 0.3) is 0 Å². The highest BCUT2D eigenvalue weighted by molar-refractivity contribution is 7.85. The molecule has 0 aliphatic carbocycles. The van der Waals surface area contributed by atoms with Gasteiger partial charge in [0.05, 0.1) is 10.8 Å². The molecule has 1 aliphatic rings. The van der Waals surface area contributed by atoms with Crippen LogP contribution in [0, 0.1) is 6.92 Å². The highest BCUT2D eigenvalue weighted by atomic mass is 32.2. The monoisotopic (exact) mass is 224 g/mol. The molecular weight excluding hydrogens is 208 g/mol. The summed E-state index contributed by atoms with van der Waals surface area (Å²) in [7, 11) is -0.957. The summed E-state index contributed by atoms with van der Waals surface area (Å²) in [6, 6.07) is 4.24. The fourth-order valence-corrected chi connectivity index (χ4v) is 3.12. The summed E-state index contributed by atoms with van der Waals surface area (Å²) >= 11 is 0. The Morgan fingerprint density at radius 2 is 2.53 bits per heavy atom. The van der Waals surface area contributed by atoms with Crippen molar-refractivity contribution in [3.63, 3.8) is 0 Å². The van der Waals surface area contributed by atoms with E-state index in [4.69, 9.17) is 0 Å². The molecule has 1 fully saturated rings. The molecule has 1 aliphatic heterocycles. The van der Waals surface area contributed by atoms with E-state index < -0.39 is 10.8 Å². The maximum Gasteiger partial charge on any atom is 0.127 e. The summed E-state index contributed by atoms with van der Waals surface area (Å²) in [4.78, 5) is 4.15. The van der Waals surface area contributed by atoms with Crippen molar-refractivity contribution in [1.29, 1.82) is 0 Å². The molecule has 0 bridgehead atoms. The molecule has 2 heterocycles. The zero-order valence-corrected chi connectivity index (χ0v) is 9.72. The van der Waals surface area contributed by atoms with Crippen LogP contribution in [0.3, 0.4) is 0 Å². The molecule has 4 heteroatoms. The quantitative estimate of drug-likeness (QED) is 0.840. The van der Waals surface area contributed by atoms with E-state index in [1.807, 2.05) is 19.1 Å². The van der Waals surface area contributed by atoms with E-state index in [1.165, 1.54) is 6.42 Å². The van der Waals surface area contributed by atoms with E-state index in [9.17, 15) is 4.21 Å². The van der Waals surface area contributed by atoms with Crippen LogP contribution in [0.15, 0.2) is 23.4 Å². The minimum absolute atomic E-state index is 0.410. The number of aromatic nitrogens is 1. The lowest BCUT2D eigenvalue weighted by Crippen LogP contribution is -2.27. The van der Waals surface area contributed by atoms with Crippen molar-refractivity contribution >= 4 is 10.8 Å². The van der Waals surface area contributed by atoms with Crippen LogP contribution in [0.4, 0.5) is 0 Å². The molecule has 2 rings (SSSR count). The van der Waals surface area contributed by atoms with Gasteiger partial charge in [-0.05, 0) is 44.0 Å². The van der Waals surface area contributed by atoms with Gasteiger partial charge in [0.2, 0.25) is 0 Å². The largest absolute Gasteiger partial charge is 0.313 e. The van der Waals surface area contributed by atoms with Crippen LogP contribution in [0.1, 0.15) is 18.4 Å². The predicted molar refractivity (Wildman–Crippen MR) is 61.3 cm³/mol. The normalized spacial score (nSPS) is 22.9. The first kappa shape index (κ1) is 10.8. The lowest BCUT2D eigenvalue weighted by molar-refractivity contribution is 0.641. The molecule has 1 aromatic heterocycles. The number of hydrogen-bond acceptors (Lipinski definition) is 3. The first-order valence-electron chi connectivity index (χ1n) is 5.30. The van der Waals surface area contributed by atoms with E-state index in [0.717, 1.165) is 18.5 Å².